The molecule has 1 saturated heterocycles. The molecule has 0 aromatic rings. The Hall–Kier alpha value is -0.560. The molecule has 6 nitrogen and oxygen atoms in total. The Morgan fingerprint density at radius 1 is 1.04 bits per heavy atom. The first kappa shape index (κ1) is 24.4. The largest absolute Gasteiger partial charge is 0.342 e. The molecule has 25 heavy (non-hydrogen) atoms. The predicted octanol–water partition coefficient (Wildman–Crippen LogP) is 1.37. The summed E-state index contributed by atoms with van der Waals surface area (Å²) < 4.78 is 0. The predicted molar refractivity (Wildman–Crippen MR) is 106 cm³/mol. The fraction of sp³-hybridized carbons (Fsp3) is 0.882. The van der Waals surface area contributed by atoms with Gasteiger partial charge in [0.25, 0.3) is 0 Å². The maximum Gasteiger partial charge on any atom is 0.236 e. The van der Waals surface area contributed by atoms with Gasteiger partial charge < -0.3 is 15.1 Å². The number of carbonyl (C=O) groups excluding carboxylic acids is 2. The van der Waals surface area contributed by atoms with E-state index in [1.165, 1.54) is 19.3 Å². The number of carbonyl (C=O) groups is 2. The molecule has 0 radical (unpaired) electrons. The van der Waals surface area contributed by atoms with Gasteiger partial charge in [-0.05, 0) is 19.9 Å². The standard InChI is InChI=1S/C17H32N4O2.2ClH/c1-18-9-8-16(22)21-12-10-20(11-13-21)14-17(23)19(2)15-6-4-3-5-7-15;;/h15,18H,3-14H2,1-2H3;2*1H. The van der Waals surface area contributed by atoms with Crippen LogP contribution >= 0.6 is 24.8 Å². The maximum absolute atomic E-state index is 12.5. The van der Waals surface area contributed by atoms with Crippen molar-refractivity contribution in [1.29, 1.82) is 0 Å². The molecule has 2 amide bonds. The number of amides is 2. The number of hydrogen-bond acceptors (Lipinski definition) is 4. The number of nitrogens with zero attached hydrogens (tertiary/aromatic N) is 3. The molecule has 0 spiro atoms. The minimum Gasteiger partial charge on any atom is -0.342 e. The van der Waals surface area contributed by atoms with Crippen molar-refractivity contribution in [3.63, 3.8) is 0 Å². The van der Waals surface area contributed by atoms with E-state index in [-0.39, 0.29) is 36.6 Å². The van der Waals surface area contributed by atoms with Gasteiger partial charge in [-0.15, -0.1) is 24.8 Å². The Labute approximate surface area is 164 Å². The molecule has 0 unspecified atom stereocenters. The summed E-state index contributed by atoms with van der Waals surface area (Å²) in [4.78, 5) is 30.5. The second-order valence-corrected chi connectivity index (χ2v) is 6.81. The molecule has 0 atom stereocenters. The summed E-state index contributed by atoms with van der Waals surface area (Å²) in [6.45, 7) is 4.30. The van der Waals surface area contributed by atoms with Crippen molar-refractivity contribution in [2.24, 2.45) is 0 Å². The van der Waals surface area contributed by atoms with Crippen LogP contribution in [0.3, 0.4) is 0 Å². The second-order valence-electron chi connectivity index (χ2n) is 6.81. The Bertz CT molecular complexity index is 398. The van der Waals surface area contributed by atoms with Crippen molar-refractivity contribution in [2.45, 2.75) is 44.6 Å². The molecule has 2 aliphatic rings. The van der Waals surface area contributed by atoms with E-state index in [0.717, 1.165) is 45.6 Å². The van der Waals surface area contributed by atoms with Crippen molar-refractivity contribution < 1.29 is 9.59 Å². The second kappa shape index (κ2) is 12.7. The van der Waals surface area contributed by atoms with Crippen LogP contribution in [0.5, 0.6) is 0 Å². The summed E-state index contributed by atoms with van der Waals surface area (Å²) in [5, 5.41) is 3.01. The van der Waals surface area contributed by atoms with Gasteiger partial charge in [-0.3, -0.25) is 14.5 Å². The molecule has 8 heteroatoms. The Morgan fingerprint density at radius 3 is 2.20 bits per heavy atom. The topological polar surface area (TPSA) is 55.9 Å². The molecule has 1 saturated carbocycles. The highest BCUT2D eigenvalue weighted by Gasteiger charge is 2.26. The van der Waals surface area contributed by atoms with E-state index in [4.69, 9.17) is 0 Å². The molecule has 148 valence electrons. The minimum absolute atomic E-state index is 0. The summed E-state index contributed by atoms with van der Waals surface area (Å²) in [7, 11) is 3.81. The van der Waals surface area contributed by atoms with E-state index in [2.05, 4.69) is 10.2 Å². The first-order valence-electron chi connectivity index (χ1n) is 9.02. The fourth-order valence-corrected chi connectivity index (χ4v) is 3.52. The third-order valence-electron chi connectivity index (χ3n) is 5.19. The van der Waals surface area contributed by atoms with Crippen LogP contribution in [0.2, 0.25) is 0 Å². The monoisotopic (exact) mass is 396 g/mol. The zero-order valence-corrected chi connectivity index (χ0v) is 17.2. The van der Waals surface area contributed by atoms with Crippen molar-refractivity contribution in [3.8, 4) is 0 Å². The molecule has 1 aliphatic heterocycles. The molecule has 2 fully saturated rings. The smallest absolute Gasteiger partial charge is 0.236 e. The maximum atomic E-state index is 12.5. The molecule has 2 rings (SSSR count). The molecule has 0 aromatic heterocycles. The van der Waals surface area contributed by atoms with Crippen LogP contribution in [0.15, 0.2) is 0 Å². The summed E-state index contributed by atoms with van der Waals surface area (Å²) >= 11 is 0. The van der Waals surface area contributed by atoms with Crippen molar-refractivity contribution in [2.75, 3.05) is 53.4 Å². The van der Waals surface area contributed by atoms with E-state index in [1.54, 1.807) is 0 Å². The first-order chi connectivity index (χ1) is 11.1. The van der Waals surface area contributed by atoms with E-state index >= 15 is 0 Å². The number of hydrogen-bond donors (Lipinski definition) is 1. The number of rotatable bonds is 6. The Kier molecular flexibility index (Phi) is 12.5. The molecule has 0 aromatic carbocycles. The van der Waals surface area contributed by atoms with Gasteiger partial charge in [-0.1, -0.05) is 19.3 Å². The third-order valence-corrected chi connectivity index (χ3v) is 5.19. The van der Waals surface area contributed by atoms with Crippen molar-refractivity contribution >= 4 is 36.6 Å². The van der Waals surface area contributed by atoms with Gasteiger partial charge in [0, 0.05) is 52.2 Å². The molecule has 1 N–H and O–H groups in total. The molecular weight excluding hydrogens is 363 g/mol. The lowest BCUT2D eigenvalue weighted by Gasteiger charge is -2.37. The van der Waals surface area contributed by atoms with Crippen LogP contribution in [-0.4, -0.2) is 85.9 Å². The van der Waals surface area contributed by atoms with Crippen molar-refractivity contribution in [1.82, 2.24) is 20.0 Å². The van der Waals surface area contributed by atoms with Crippen molar-refractivity contribution in [3.05, 3.63) is 0 Å². The Balaban J connectivity index is 0.00000288. The highest BCUT2D eigenvalue weighted by Crippen LogP contribution is 2.21. The van der Waals surface area contributed by atoms with Crippen LogP contribution < -0.4 is 5.32 Å². The van der Waals surface area contributed by atoms with Gasteiger partial charge >= 0.3 is 0 Å². The SMILES string of the molecule is CNCCC(=O)N1CCN(CC(=O)N(C)C2CCCCC2)CC1.Cl.Cl. The lowest BCUT2D eigenvalue weighted by Crippen LogP contribution is -2.52. The lowest BCUT2D eigenvalue weighted by molar-refractivity contribution is -0.135. The van der Waals surface area contributed by atoms with Gasteiger partial charge in [0.2, 0.25) is 11.8 Å². The van der Waals surface area contributed by atoms with Crippen LogP contribution in [0, 0.1) is 0 Å². The molecule has 1 heterocycles. The zero-order valence-electron chi connectivity index (χ0n) is 15.5. The molecular formula is C17H34Cl2N4O2. The van der Waals surface area contributed by atoms with Crippen LogP contribution in [0.1, 0.15) is 38.5 Å². The van der Waals surface area contributed by atoms with Crippen LogP contribution in [-0.2, 0) is 9.59 Å². The van der Waals surface area contributed by atoms with E-state index < -0.39 is 0 Å². The third kappa shape index (κ3) is 7.69. The van der Waals surface area contributed by atoms with Crippen LogP contribution in [0.4, 0.5) is 0 Å². The summed E-state index contributed by atoms with van der Waals surface area (Å²) in [5.74, 6) is 0.441. The minimum atomic E-state index is 0. The summed E-state index contributed by atoms with van der Waals surface area (Å²) in [6, 6.07) is 0.431. The lowest BCUT2D eigenvalue weighted by atomic mass is 9.94. The number of halogens is 2. The normalized spacial score (nSPS) is 18.9. The highest BCUT2D eigenvalue weighted by atomic mass is 35.5. The van der Waals surface area contributed by atoms with Gasteiger partial charge in [0.1, 0.15) is 0 Å². The Morgan fingerprint density at radius 2 is 1.64 bits per heavy atom. The van der Waals surface area contributed by atoms with E-state index in [1.807, 2.05) is 23.9 Å². The zero-order chi connectivity index (χ0) is 16.7. The molecule has 0 bridgehead atoms. The average molecular weight is 397 g/mol. The van der Waals surface area contributed by atoms with E-state index in [0.29, 0.717) is 19.0 Å². The summed E-state index contributed by atoms with van der Waals surface area (Å²) in [5.41, 5.74) is 0. The highest BCUT2D eigenvalue weighted by molar-refractivity contribution is 5.85. The average Bonchev–Trinajstić information content (AvgIpc) is 2.60. The number of likely N-dealkylation sites (N-methyl/N-ethyl adjacent to an activating group) is 1. The first-order valence-corrected chi connectivity index (χ1v) is 9.02. The van der Waals surface area contributed by atoms with Gasteiger partial charge in [0.15, 0.2) is 0 Å². The van der Waals surface area contributed by atoms with Gasteiger partial charge in [-0.2, -0.15) is 0 Å². The van der Waals surface area contributed by atoms with Gasteiger partial charge in [0.05, 0.1) is 6.54 Å². The fourth-order valence-electron chi connectivity index (χ4n) is 3.52. The summed E-state index contributed by atoms with van der Waals surface area (Å²) in [6.07, 6.45) is 6.65. The van der Waals surface area contributed by atoms with Gasteiger partial charge in [-0.25, -0.2) is 0 Å². The van der Waals surface area contributed by atoms with Crippen LogP contribution in [0.25, 0.3) is 0 Å². The number of piperazine rings is 1. The quantitative estimate of drug-likeness (QED) is 0.736. The molecule has 1 aliphatic carbocycles. The van der Waals surface area contributed by atoms with E-state index in [9.17, 15) is 9.59 Å². The number of nitrogens with one attached hydrogen (secondary N) is 1.